The zero-order valence-electron chi connectivity index (χ0n) is 13.8. The van der Waals surface area contributed by atoms with E-state index in [9.17, 15) is 0 Å². The van der Waals surface area contributed by atoms with Crippen LogP contribution in [0.25, 0.3) is 11.0 Å². The van der Waals surface area contributed by atoms with Crippen LogP contribution in [-0.4, -0.2) is 14.5 Å². The number of hydrogen-bond donors (Lipinski definition) is 0. The van der Waals surface area contributed by atoms with Gasteiger partial charge in [0.2, 0.25) is 0 Å². The summed E-state index contributed by atoms with van der Waals surface area (Å²) in [6.07, 6.45) is 14.5. The van der Waals surface area contributed by atoms with E-state index in [1.165, 1.54) is 31.3 Å². The SMILES string of the molecule is CCCC1=CC(C(C)Cc2nccc3c2ncn3C)=CCC1. The van der Waals surface area contributed by atoms with Crippen molar-refractivity contribution in [3.63, 3.8) is 0 Å². The Kier molecular flexibility index (Phi) is 4.41. The maximum Gasteiger partial charge on any atom is 0.110 e. The number of hydrogen-bond acceptors (Lipinski definition) is 2. The molecule has 0 aliphatic heterocycles. The summed E-state index contributed by atoms with van der Waals surface area (Å²) in [4.78, 5) is 9.11. The van der Waals surface area contributed by atoms with Gasteiger partial charge < -0.3 is 4.57 Å². The minimum atomic E-state index is 0.493. The van der Waals surface area contributed by atoms with Crippen molar-refractivity contribution < 1.29 is 0 Å². The number of aromatic nitrogens is 3. The summed E-state index contributed by atoms with van der Waals surface area (Å²) in [6, 6.07) is 2.04. The lowest BCUT2D eigenvalue weighted by atomic mass is 9.87. The summed E-state index contributed by atoms with van der Waals surface area (Å²) in [5.74, 6) is 0.493. The molecule has 116 valence electrons. The minimum Gasteiger partial charge on any atom is -0.334 e. The molecule has 3 rings (SSSR count). The molecule has 1 atom stereocenters. The second-order valence-corrected chi connectivity index (χ2v) is 6.38. The second kappa shape index (κ2) is 6.47. The molecule has 22 heavy (non-hydrogen) atoms. The van der Waals surface area contributed by atoms with E-state index in [2.05, 4.69) is 40.5 Å². The molecule has 0 aromatic carbocycles. The van der Waals surface area contributed by atoms with Crippen molar-refractivity contribution in [3.05, 3.63) is 47.6 Å². The molecule has 0 spiro atoms. The quantitative estimate of drug-likeness (QED) is 0.807. The van der Waals surface area contributed by atoms with E-state index >= 15 is 0 Å². The fourth-order valence-electron chi connectivity index (χ4n) is 3.33. The van der Waals surface area contributed by atoms with E-state index < -0.39 is 0 Å². The number of aryl methyl sites for hydroxylation is 1. The fraction of sp³-hybridized carbons (Fsp3) is 0.474. The van der Waals surface area contributed by atoms with Gasteiger partial charge in [0.05, 0.1) is 17.5 Å². The summed E-state index contributed by atoms with van der Waals surface area (Å²) in [5.41, 5.74) is 6.41. The molecule has 0 saturated carbocycles. The highest BCUT2D eigenvalue weighted by atomic mass is 15.0. The summed E-state index contributed by atoms with van der Waals surface area (Å²) < 4.78 is 2.06. The molecule has 2 heterocycles. The largest absolute Gasteiger partial charge is 0.334 e. The van der Waals surface area contributed by atoms with Gasteiger partial charge in [-0.3, -0.25) is 4.98 Å². The first-order valence-corrected chi connectivity index (χ1v) is 8.33. The molecule has 0 radical (unpaired) electrons. The normalized spacial score (nSPS) is 16.5. The Morgan fingerprint density at radius 2 is 2.18 bits per heavy atom. The van der Waals surface area contributed by atoms with Crippen LogP contribution in [0.15, 0.2) is 41.9 Å². The van der Waals surface area contributed by atoms with Gasteiger partial charge in [0.1, 0.15) is 5.52 Å². The predicted molar refractivity (Wildman–Crippen MR) is 91.7 cm³/mol. The van der Waals surface area contributed by atoms with Gasteiger partial charge in [-0.15, -0.1) is 0 Å². The van der Waals surface area contributed by atoms with Crippen LogP contribution in [0.1, 0.15) is 45.2 Å². The van der Waals surface area contributed by atoms with Crippen LogP contribution in [0.4, 0.5) is 0 Å². The molecular formula is C19H25N3. The summed E-state index contributed by atoms with van der Waals surface area (Å²) in [7, 11) is 2.03. The molecule has 2 aromatic rings. The van der Waals surface area contributed by atoms with Crippen molar-refractivity contribution in [2.45, 2.75) is 46.0 Å². The summed E-state index contributed by atoms with van der Waals surface area (Å²) in [5, 5.41) is 0. The minimum absolute atomic E-state index is 0.493. The lowest BCUT2D eigenvalue weighted by molar-refractivity contribution is 0.666. The van der Waals surface area contributed by atoms with Gasteiger partial charge >= 0.3 is 0 Å². The molecular weight excluding hydrogens is 270 g/mol. The molecule has 0 N–H and O–H groups in total. The van der Waals surface area contributed by atoms with Crippen LogP contribution in [0.2, 0.25) is 0 Å². The predicted octanol–water partition coefficient (Wildman–Crippen LogP) is 4.59. The smallest absolute Gasteiger partial charge is 0.110 e. The van der Waals surface area contributed by atoms with E-state index in [0.717, 1.165) is 23.1 Å². The topological polar surface area (TPSA) is 30.7 Å². The number of fused-ring (bicyclic) bond motifs is 1. The molecule has 3 heteroatoms. The lowest BCUT2D eigenvalue weighted by Crippen LogP contribution is -2.07. The Morgan fingerprint density at radius 3 is 3.00 bits per heavy atom. The zero-order valence-corrected chi connectivity index (χ0v) is 13.8. The maximum absolute atomic E-state index is 4.59. The number of allylic oxidation sites excluding steroid dienone is 4. The average Bonchev–Trinajstić information content (AvgIpc) is 2.91. The Hall–Kier alpha value is -1.90. The van der Waals surface area contributed by atoms with Crippen LogP contribution in [0, 0.1) is 5.92 Å². The van der Waals surface area contributed by atoms with Crippen LogP contribution >= 0.6 is 0 Å². The van der Waals surface area contributed by atoms with Gasteiger partial charge in [0.15, 0.2) is 0 Å². The van der Waals surface area contributed by atoms with Crippen LogP contribution in [0.3, 0.4) is 0 Å². The molecule has 1 aliphatic rings. The molecule has 3 nitrogen and oxygen atoms in total. The third kappa shape index (κ3) is 2.99. The van der Waals surface area contributed by atoms with E-state index in [1.807, 2.05) is 25.6 Å². The van der Waals surface area contributed by atoms with Crippen molar-refractivity contribution in [1.29, 1.82) is 0 Å². The molecule has 1 unspecified atom stereocenters. The third-order valence-electron chi connectivity index (χ3n) is 4.57. The van der Waals surface area contributed by atoms with Crippen molar-refractivity contribution in [2.24, 2.45) is 13.0 Å². The fourth-order valence-corrected chi connectivity index (χ4v) is 3.33. The monoisotopic (exact) mass is 295 g/mol. The van der Waals surface area contributed by atoms with E-state index in [-0.39, 0.29) is 0 Å². The van der Waals surface area contributed by atoms with E-state index in [1.54, 1.807) is 5.57 Å². The first-order chi connectivity index (χ1) is 10.7. The molecule has 0 amide bonds. The number of imidazole rings is 1. The highest BCUT2D eigenvalue weighted by Gasteiger charge is 2.15. The van der Waals surface area contributed by atoms with Crippen molar-refractivity contribution in [1.82, 2.24) is 14.5 Å². The Morgan fingerprint density at radius 1 is 1.32 bits per heavy atom. The summed E-state index contributed by atoms with van der Waals surface area (Å²) in [6.45, 7) is 4.56. The van der Waals surface area contributed by atoms with E-state index in [0.29, 0.717) is 5.92 Å². The number of nitrogens with zero attached hydrogens (tertiary/aromatic N) is 3. The third-order valence-corrected chi connectivity index (χ3v) is 4.57. The van der Waals surface area contributed by atoms with Crippen LogP contribution in [0.5, 0.6) is 0 Å². The molecule has 0 fully saturated rings. The molecule has 1 aliphatic carbocycles. The van der Waals surface area contributed by atoms with Crippen molar-refractivity contribution in [2.75, 3.05) is 0 Å². The van der Waals surface area contributed by atoms with Crippen LogP contribution < -0.4 is 0 Å². The Labute approximate surface area is 132 Å². The standard InChI is InChI=1S/C19H25N3/c1-4-6-15-7-5-8-16(12-15)14(2)11-17-19-18(9-10-20-17)22(3)13-21-19/h8-10,12-14H,4-7,11H2,1-3H3. The van der Waals surface area contributed by atoms with Gasteiger partial charge in [-0.05, 0) is 43.2 Å². The lowest BCUT2D eigenvalue weighted by Gasteiger charge is -2.19. The Balaban J connectivity index is 1.81. The van der Waals surface area contributed by atoms with Gasteiger partial charge in [-0.1, -0.05) is 38.0 Å². The van der Waals surface area contributed by atoms with Gasteiger partial charge in [-0.2, -0.15) is 0 Å². The highest BCUT2D eigenvalue weighted by molar-refractivity contribution is 5.77. The van der Waals surface area contributed by atoms with Gasteiger partial charge in [-0.25, -0.2) is 4.98 Å². The van der Waals surface area contributed by atoms with E-state index in [4.69, 9.17) is 0 Å². The number of pyridine rings is 1. The zero-order chi connectivity index (χ0) is 15.5. The average molecular weight is 295 g/mol. The van der Waals surface area contributed by atoms with Crippen LogP contribution in [-0.2, 0) is 13.5 Å². The van der Waals surface area contributed by atoms with Crippen molar-refractivity contribution in [3.8, 4) is 0 Å². The molecule has 0 bridgehead atoms. The maximum atomic E-state index is 4.59. The summed E-state index contributed by atoms with van der Waals surface area (Å²) >= 11 is 0. The van der Waals surface area contributed by atoms with Gasteiger partial charge in [0.25, 0.3) is 0 Å². The first kappa shape index (κ1) is 15.0. The number of rotatable bonds is 5. The highest BCUT2D eigenvalue weighted by Crippen LogP contribution is 2.28. The second-order valence-electron chi connectivity index (χ2n) is 6.38. The van der Waals surface area contributed by atoms with Crippen molar-refractivity contribution >= 4 is 11.0 Å². The van der Waals surface area contributed by atoms with Gasteiger partial charge in [0, 0.05) is 13.2 Å². The molecule has 2 aromatic heterocycles. The Bertz CT molecular complexity index is 721. The first-order valence-electron chi connectivity index (χ1n) is 8.33. The molecule has 0 saturated heterocycles.